The zero-order valence-corrected chi connectivity index (χ0v) is 17.2. The van der Waals surface area contributed by atoms with Crippen LogP contribution in [0.1, 0.15) is 11.1 Å². The predicted octanol–water partition coefficient (Wildman–Crippen LogP) is -0.594. The second-order valence-corrected chi connectivity index (χ2v) is 8.44. The average molecular weight is 442 g/mol. The molecule has 0 bridgehead atoms. The van der Waals surface area contributed by atoms with Gasteiger partial charge in [-0.25, -0.2) is 0 Å². The molecule has 1 saturated carbocycles. The molecule has 4 rings (SSSR count). The Morgan fingerprint density at radius 3 is 2.38 bits per heavy atom. The summed E-state index contributed by atoms with van der Waals surface area (Å²) in [5.74, 6) is -8.78. The first-order valence-corrected chi connectivity index (χ1v) is 9.71. The Hall–Kier alpha value is -3.47. The van der Waals surface area contributed by atoms with E-state index in [1.165, 1.54) is 37.2 Å². The Morgan fingerprint density at radius 2 is 1.81 bits per heavy atom. The number of rotatable bonds is 2. The number of phenolic OH excluding ortho intramolecular Hbond substituents is 1. The fourth-order valence-corrected chi connectivity index (χ4v) is 5.21. The van der Waals surface area contributed by atoms with E-state index in [2.05, 4.69) is 6.58 Å². The lowest BCUT2D eigenvalue weighted by Crippen LogP contribution is -2.70. The summed E-state index contributed by atoms with van der Waals surface area (Å²) < 4.78 is 0. The van der Waals surface area contributed by atoms with Gasteiger partial charge in [-0.15, -0.1) is 0 Å². The number of carbonyl (C=O) groups excluding carboxylic acids is 3. The Bertz CT molecular complexity index is 1180. The summed E-state index contributed by atoms with van der Waals surface area (Å²) in [6.45, 7) is 3.91. The Balaban J connectivity index is 2.08. The molecule has 0 spiro atoms. The highest BCUT2D eigenvalue weighted by Gasteiger charge is 2.68. The predicted molar refractivity (Wildman–Crippen MR) is 111 cm³/mol. The maximum atomic E-state index is 13.6. The summed E-state index contributed by atoms with van der Waals surface area (Å²) >= 11 is 0. The van der Waals surface area contributed by atoms with Crippen molar-refractivity contribution in [1.29, 1.82) is 0 Å². The van der Waals surface area contributed by atoms with Crippen molar-refractivity contribution in [1.82, 2.24) is 4.90 Å². The van der Waals surface area contributed by atoms with Crippen LogP contribution in [0, 0.1) is 11.8 Å². The minimum absolute atomic E-state index is 0.124. The molecule has 0 aliphatic heterocycles. The standard InChI is InChI=1S/C22H22N2O8/c1-7-8-5-4-6-9(25)11(8)16(26)12-10(7)17(27)14-15(24(2)3)18(28)13(21(23)31)20(30)22(14,32)19(12)29/h4-6,10,14-15,17,25-27,30,32H,1H2,2-3H3,(H2,23,31)/t10?,14?,15?,17?,22-/m0/s1. The summed E-state index contributed by atoms with van der Waals surface area (Å²) in [4.78, 5) is 39.8. The number of hydrogen-bond donors (Lipinski definition) is 6. The van der Waals surface area contributed by atoms with Gasteiger partial charge in [-0.2, -0.15) is 0 Å². The molecule has 4 unspecified atom stereocenters. The molecule has 168 valence electrons. The van der Waals surface area contributed by atoms with Crippen LogP contribution in [0.25, 0.3) is 11.3 Å². The van der Waals surface area contributed by atoms with E-state index in [0.717, 1.165) is 0 Å². The number of primary amides is 1. The fraction of sp³-hybridized carbons (Fsp3) is 0.318. The van der Waals surface area contributed by atoms with Gasteiger partial charge < -0.3 is 31.3 Å². The lowest BCUT2D eigenvalue weighted by molar-refractivity contribution is -0.166. The summed E-state index contributed by atoms with van der Waals surface area (Å²) in [6.07, 6.45) is -1.69. The maximum Gasteiger partial charge on any atom is 0.255 e. The Kier molecular flexibility index (Phi) is 4.60. The van der Waals surface area contributed by atoms with Gasteiger partial charge in [0.25, 0.3) is 5.91 Å². The monoisotopic (exact) mass is 442 g/mol. The number of aliphatic hydroxyl groups is 4. The van der Waals surface area contributed by atoms with Gasteiger partial charge in [-0.3, -0.25) is 19.3 Å². The van der Waals surface area contributed by atoms with Gasteiger partial charge in [-0.1, -0.05) is 18.7 Å². The van der Waals surface area contributed by atoms with Gasteiger partial charge in [0.1, 0.15) is 22.8 Å². The van der Waals surface area contributed by atoms with E-state index in [1.807, 2.05) is 0 Å². The van der Waals surface area contributed by atoms with Crippen LogP contribution in [0.5, 0.6) is 5.75 Å². The molecule has 3 aliphatic rings. The van der Waals surface area contributed by atoms with Gasteiger partial charge in [0.15, 0.2) is 11.4 Å². The molecule has 3 aliphatic carbocycles. The minimum Gasteiger partial charge on any atom is -0.508 e. The van der Waals surface area contributed by atoms with Crippen molar-refractivity contribution in [3.63, 3.8) is 0 Å². The molecule has 5 atom stereocenters. The first-order valence-electron chi connectivity index (χ1n) is 9.71. The lowest BCUT2D eigenvalue weighted by atomic mass is 9.55. The highest BCUT2D eigenvalue weighted by Crippen LogP contribution is 2.55. The second-order valence-electron chi connectivity index (χ2n) is 8.44. The van der Waals surface area contributed by atoms with Crippen LogP contribution >= 0.6 is 0 Å². The van der Waals surface area contributed by atoms with E-state index in [0.29, 0.717) is 0 Å². The third kappa shape index (κ3) is 2.42. The average Bonchev–Trinajstić information content (AvgIpc) is 2.70. The molecule has 0 heterocycles. The number of carbonyl (C=O) groups is 3. The Labute approximate surface area is 182 Å². The summed E-state index contributed by atoms with van der Waals surface area (Å²) in [5, 5.41) is 54.7. The largest absolute Gasteiger partial charge is 0.508 e. The van der Waals surface area contributed by atoms with Crippen molar-refractivity contribution in [2.45, 2.75) is 17.7 Å². The van der Waals surface area contributed by atoms with Gasteiger partial charge in [0.05, 0.1) is 29.2 Å². The van der Waals surface area contributed by atoms with Crippen molar-refractivity contribution in [3.8, 4) is 5.75 Å². The molecule has 32 heavy (non-hydrogen) atoms. The molecule has 7 N–H and O–H groups in total. The van der Waals surface area contributed by atoms with E-state index >= 15 is 0 Å². The number of aromatic hydroxyl groups is 1. The molecule has 0 aromatic heterocycles. The molecular weight excluding hydrogens is 420 g/mol. The van der Waals surface area contributed by atoms with Crippen LogP contribution in [0.4, 0.5) is 0 Å². The van der Waals surface area contributed by atoms with Gasteiger partial charge in [0.2, 0.25) is 5.78 Å². The highest BCUT2D eigenvalue weighted by molar-refractivity contribution is 6.25. The maximum absolute atomic E-state index is 13.6. The van der Waals surface area contributed by atoms with Crippen LogP contribution in [-0.4, -0.2) is 79.7 Å². The van der Waals surface area contributed by atoms with Gasteiger partial charge in [0, 0.05) is 5.92 Å². The van der Waals surface area contributed by atoms with E-state index in [-0.39, 0.29) is 22.4 Å². The Morgan fingerprint density at radius 1 is 1.19 bits per heavy atom. The quantitative estimate of drug-likeness (QED) is 0.326. The number of phenols is 1. The van der Waals surface area contributed by atoms with Crippen LogP contribution < -0.4 is 5.73 Å². The van der Waals surface area contributed by atoms with E-state index < -0.39 is 69.7 Å². The van der Waals surface area contributed by atoms with Crippen molar-refractivity contribution >= 4 is 28.8 Å². The number of nitrogens with two attached hydrogens (primary N) is 1. The SMILES string of the molecule is C=C1c2cccc(O)c2C(O)=C2C(=O)[C@]3(O)C(O)=C(C(N)=O)C(=O)C(N(C)C)C3C(O)C12. The van der Waals surface area contributed by atoms with Crippen LogP contribution in [0.3, 0.4) is 0 Å². The normalized spacial score (nSPS) is 32.1. The van der Waals surface area contributed by atoms with Gasteiger partial charge in [-0.05, 0) is 31.3 Å². The van der Waals surface area contributed by atoms with Crippen molar-refractivity contribution in [2.24, 2.45) is 17.6 Å². The molecular formula is C22H22N2O8. The summed E-state index contributed by atoms with van der Waals surface area (Å²) in [5.41, 5.74) is 1.16. The molecule has 1 amide bonds. The number of Topliss-reactive ketones (excluding diaryl/α,β-unsaturated/α-hetero) is 2. The van der Waals surface area contributed by atoms with Crippen LogP contribution in [0.15, 0.2) is 41.7 Å². The highest BCUT2D eigenvalue weighted by atomic mass is 16.4. The zero-order chi connectivity index (χ0) is 23.9. The lowest BCUT2D eigenvalue weighted by Gasteiger charge is -2.52. The van der Waals surface area contributed by atoms with Crippen molar-refractivity contribution < 1.29 is 39.9 Å². The zero-order valence-electron chi connectivity index (χ0n) is 17.2. The number of ketones is 2. The molecule has 10 nitrogen and oxygen atoms in total. The smallest absolute Gasteiger partial charge is 0.255 e. The first-order chi connectivity index (χ1) is 14.9. The molecule has 1 aromatic carbocycles. The number of benzene rings is 1. The molecule has 0 saturated heterocycles. The van der Waals surface area contributed by atoms with Crippen molar-refractivity contribution in [2.75, 3.05) is 14.1 Å². The first kappa shape index (κ1) is 21.8. The number of aliphatic hydroxyl groups excluding tert-OH is 3. The second kappa shape index (κ2) is 6.76. The molecule has 0 radical (unpaired) electrons. The number of nitrogens with zero attached hydrogens (tertiary/aromatic N) is 1. The van der Waals surface area contributed by atoms with Crippen LogP contribution in [-0.2, 0) is 14.4 Å². The van der Waals surface area contributed by atoms with Crippen molar-refractivity contribution in [3.05, 3.63) is 52.8 Å². The number of hydrogen-bond acceptors (Lipinski definition) is 9. The third-order valence-corrected chi connectivity index (χ3v) is 6.61. The summed E-state index contributed by atoms with van der Waals surface area (Å²) in [7, 11) is 2.88. The third-order valence-electron chi connectivity index (χ3n) is 6.61. The van der Waals surface area contributed by atoms with Crippen LogP contribution in [0.2, 0.25) is 0 Å². The van der Waals surface area contributed by atoms with Gasteiger partial charge >= 0.3 is 0 Å². The van der Waals surface area contributed by atoms with E-state index in [1.54, 1.807) is 0 Å². The number of fused-ring (bicyclic) bond motifs is 3. The molecule has 10 heteroatoms. The minimum atomic E-state index is -2.94. The molecule has 1 fully saturated rings. The molecule has 1 aromatic rings. The van der Waals surface area contributed by atoms with E-state index in [4.69, 9.17) is 5.73 Å². The number of likely N-dealkylation sites (N-methyl/N-ethyl adjacent to an activating group) is 1. The van der Waals surface area contributed by atoms with E-state index in [9.17, 15) is 39.9 Å². The number of amides is 1. The topological polar surface area (TPSA) is 182 Å². The fourth-order valence-electron chi connectivity index (χ4n) is 5.21. The summed E-state index contributed by atoms with van der Waals surface area (Å²) in [6, 6.07) is 2.89.